The molecule has 0 spiro atoms. The summed E-state index contributed by atoms with van der Waals surface area (Å²) in [5.74, 6) is -0.376. The van der Waals surface area contributed by atoms with E-state index in [1.807, 2.05) is 41.8 Å². The van der Waals surface area contributed by atoms with Crippen LogP contribution >= 0.6 is 11.3 Å². The fourth-order valence-corrected chi connectivity index (χ4v) is 2.86. The molecule has 3 aromatic rings. The maximum absolute atomic E-state index is 12.3. The quantitative estimate of drug-likeness (QED) is 0.688. The minimum Gasteiger partial charge on any atom is -0.321 e. The summed E-state index contributed by atoms with van der Waals surface area (Å²) in [5.41, 5.74) is 4.84. The van der Waals surface area contributed by atoms with Gasteiger partial charge in [-0.1, -0.05) is 24.3 Å². The molecular formula is C19H17N3O2S. The summed E-state index contributed by atoms with van der Waals surface area (Å²) in [5, 5.41) is 6.32. The predicted molar refractivity (Wildman–Crippen MR) is 101 cm³/mol. The molecule has 0 atom stereocenters. The van der Waals surface area contributed by atoms with Gasteiger partial charge in [0.15, 0.2) is 0 Å². The van der Waals surface area contributed by atoms with E-state index in [2.05, 4.69) is 10.7 Å². The highest BCUT2D eigenvalue weighted by Crippen LogP contribution is 2.15. The van der Waals surface area contributed by atoms with Crippen LogP contribution in [0.2, 0.25) is 0 Å². The Morgan fingerprint density at radius 3 is 2.24 bits per heavy atom. The number of nitrogens with one attached hydrogen (secondary N) is 2. The number of hydrazine groups is 1. The first-order valence-corrected chi connectivity index (χ1v) is 8.56. The van der Waals surface area contributed by atoms with Gasteiger partial charge in [0, 0.05) is 18.3 Å². The molecule has 25 heavy (non-hydrogen) atoms. The number of rotatable bonds is 5. The molecule has 6 heteroatoms. The van der Waals surface area contributed by atoms with Crippen LogP contribution in [0.5, 0.6) is 0 Å². The Kier molecular flexibility index (Phi) is 5.11. The fourth-order valence-electron chi connectivity index (χ4n) is 2.24. The number of amides is 2. The highest BCUT2D eigenvalue weighted by molar-refractivity contribution is 7.12. The summed E-state index contributed by atoms with van der Waals surface area (Å²) in [6.07, 6.45) is 0. The second kappa shape index (κ2) is 7.63. The second-order valence-electron chi connectivity index (χ2n) is 5.34. The Morgan fingerprint density at radius 1 is 0.880 bits per heavy atom. The zero-order valence-electron chi connectivity index (χ0n) is 13.6. The van der Waals surface area contributed by atoms with Gasteiger partial charge in [-0.15, -0.1) is 11.3 Å². The monoisotopic (exact) mass is 351 g/mol. The molecule has 0 aliphatic carbocycles. The fraction of sp³-hybridized carbons (Fsp3) is 0.0526. The smallest absolute Gasteiger partial charge is 0.269 e. The highest BCUT2D eigenvalue weighted by Gasteiger charge is 2.10. The maximum atomic E-state index is 12.3. The SMILES string of the molecule is CN(NC(=O)c1ccc(NC(=O)c2cccs2)cc1)c1ccccc1. The number of anilines is 2. The Balaban J connectivity index is 1.61. The van der Waals surface area contributed by atoms with Crippen molar-refractivity contribution in [1.29, 1.82) is 0 Å². The molecular weight excluding hydrogens is 334 g/mol. The number of para-hydroxylation sites is 1. The normalized spacial score (nSPS) is 10.1. The van der Waals surface area contributed by atoms with E-state index in [1.54, 1.807) is 42.4 Å². The summed E-state index contributed by atoms with van der Waals surface area (Å²) < 4.78 is 0. The van der Waals surface area contributed by atoms with Gasteiger partial charge in [-0.3, -0.25) is 20.0 Å². The number of benzene rings is 2. The number of hydrogen-bond donors (Lipinski definition) is 2. The van der Waals surface area contributed by atoms with Gasteiger partial charge in [0.05, 0.1) is 10.6 Å². The van der Waals surface area contributed by atoms with Crippen molar-refractivity contribution in [2.45, 2.75) is 0 Å². The Hall–Kier alpha value is -3.12. The number of nitrogens with zero attached hydrogens (tertiary/aromatic N) is 1. The molecule has 1 aromatic heterocycles. The van der Waals surface area contributed by atoms with Crippen molar-refractivity contribution in [3.63, 3.8) is 0 Å². The average Bonchev–Trinajstić information content (AvgIpc) is 3.18. The van der Waals surface area contributed by atoms with Gasteiger partial charge in [-0.25, -0.2) is 0 Å². The van der Waals surface area contributed by atoms with Crippen LogP contribution in [-0.4, -0.2) is 18.9 Å². The lowest BCUT2D eigenvalue weighted by Gasteiger charge is -2.20. The lowest BCUT2D eigenvalue weighted by Crippen LogP contribution is -2.39. The van der Waals surface area contributed by atoms with E-state index in [0.29, 0.717) is 16.1 Å². The summed E-state index contributed by atoms with van der Waals surface area (Å²) >= 11 is 1.38. The van der Waals surface area contributed by atoms with E-state index in [-0.39, 0.29) is 11.8 Å². The number of thiophene rings is 1. The lowest BCUT2D eigenvalue weighted by atomic mass is 10.2. The van der Waals surface area contributed by atoms with Crippen LogP contribution in [-0.2, 0) is 0 Å². The van der Waals surface area contributed by atoms with Crippen LogP contribution in [0, 0.1) is 0 Å². The van der Waals surface area contributed by atoms with Gasteiger partial charge < -0.3 is 5.32 Å². The third-order valence-electron chi connectivity index (χ3n) is 3.56. The van der Waals surface area contributed by atoms with Crippen LogP contribution in [0.1, 0.15) is 20.0 Å². The zero-order chi connectivity index (χ0) is 17.6. The van der Waals surface area contributed by atoms with Gasteiger partial charge in [0.1, 0.15) is 0 Å². The molecule has 0 saturated carbocycles. The summed E-state index contributed by atoms with van der Waals surface area (Å²) in [6.45, 7) is 0. The molecule has 0 aliphatic heterocycles. The summed E-state index contributed by atoms with van der Waals surface area (Å²) in [7, 11) is 1.78. The van der Waals surface area contributed by atoms with Crippen molar-refractivity contribution < 1.29 is 9.59 Å². The molecule has 3 rings (SSSR count). The van der Waals surface area contributed by atoms with Crippen molar-refractivity contribution in [1.82, 2.24) is 5.43 Å². The largest absolute Gasteiger partial charge is 0.321 e. The molecule has 126 valence electrons. The van der Waals surface area contributed by atoms with E-state index >= 15 is 0 Å². The molecule has 2 amide bonds. The molecule has 0 aliphatic rings. The van der Waals surface area contributed by atoms with E-state index < -0.39 is 0 Å². The Labute approximate surface area is 149 Å². The topological polar surface area (TPSA) is 61.4 Å². The van der Waals surface area contributed by atoms with Crippen molar-refractivity contribution >= 4 is 34.5 Å². The van der Waals surface area contributed by atoms with E-state index in [4.69, 9.17) is 0 Å². The predicted octanol–water partition coefficient (Wildman–Crippen LogP) is 3.78. The van der Waals surface area contributed by atoms with Gasteiger partial charge in [0.2, 0.25) is 0 Å². The first-order chi connectivity index (χ1) is 12.1. The highest BCUT2D eigenvalue weighted by atomic mass is 32.1. The van der Waals surface area contributed by atoms with E-state index in [1.165, 1.54) is 11.3 Å². The minimum absolute atomic E-state index is 0.156. The Morgan fingerprint density at radius 2 is 1.60 bits per heavy atom. The van der Waals surface area contributed by atoms with Crippen LogP contribution < -0.4 is 15.8 Å². The number of carbonyl (C=O) groups is 2. The van der Waals surface area contributed by atoms with Gasteiger partial charge >= 0.3 is 0 Å². The zero-order valence-corrected chi connectivity index (χ0v) is 14.4. The Bertz CT molecular complexity index is 846. The molecule has 0 unspecified atom stereocenters. The first kappa shape index (κ1) is 16.7. The van der Waals surface area contributed by atoms with Crippen LogP contribution in [0.4, 0.5) is 11.4 Å². The van der Waals surface area contributed by atoms with Crippen LogP contribution in [0.15, 0.2) is 72.1 Å². The van der Waals surface area contributed by atoms with Crippen LogP contribution in [0.3, 0.4) is 0 Å². The summed E-state index contributed by atoms with van der Waals surface area (Å²) in [6, 6.07) is 19.9. The second-order valence-corrected chi connectivity index (χ2v) is 6.29. The maximum Gasteiger partial charge on any atom is 0.269 e. The average molecular weight is 351 g/mol. The molecule has 0 bridgehead atoms. The third kappa shape index (κ3) is 4.24. The number of carbonyl (C=O) groups excluding carboxylic acids is 2. The number of hydrogen-bond acceptors (Lipinski definition) is 4. The molecule has 0 saturated heterocycles. The molecule has 1 heterocycles. The van der Waals surface area contributed by atoms with Gasteiger partial charge in [0.25, 0.3) is 11.8 Å². The van der Waals surface area contributed by atoms with Crippen molar-refractivity contribution in [3.05, 3.63) is 82.6 Å². The summed E-state index contributed by atoms with van der Waals surface area (Å²) in [4.78, 5) is 25.0. The van der Waals surface area contributed by atoms with Crippen molar-refractivity contribution in [2.75, 3.05) is 17.4 Å². The molecule has 2 N–H and O–H groups in total. The first-order valence-electron chi connectivity index (χ1n) is 7.68. The minimum atomic E-state index is -0.220. The van der Waals surface area contributed by atoms with E-state index in [9.17, 15) is 9.59 Å². The third-order valence-corrected chi connectivity index (χ3v) is 4.43. The van der Waals surface area contributed by atoms with Crippen molar-refractivity contribution in [3.8, 4) is 0 Å². The van der Waals surface area contributed by atoms with E-state index in [0.717, 1.165) is 5.69 Å². The van der Waals surface area contributed by atoms with Gasteiger partial charge in [-0.2, -0.15) is 0 Å². The molecule has 5 nitrogen and oxygen atoms in total. The van der Waals surface area contributed by atoms with Crippen molar-refractivity contribution in [2.24, 2.45) is 0 Å². The lowest BCUT2D eigenvalue weighted by molar-refractivity contribution is 0.0951. The molecule has 0 fully saturated rings. The standard InChI is InChI=1S/C19H17N3O2S/c1-22(16-6-3-2-4-7-16)21-18(23)14-9-11-15(12-10-14)20-19(24)17-8-5-13-25-17/h2-13H,1H3,(H,20,24)(H,21,23). The molecule has 0 radical (unpaired) electrons. The van der Waals surface area contributed by atoms with Crippen LogP contribution in [0.25, 0.3) is 0 Å². The molecule has 2 aromatic carbocycles. The van der Waals surface area contributed by atoms with Gasteiger partial charge in [-0.05, 0) is 47.8 Å².